The maximum Gasteiger partial charge on any atom is 0.410 e. The van der Waals surface area contributed by atoms with Crippen LogP contribution in [0.3, 0.4) is 0 Å². The monoisotopic (exact) mass is 340 g/mol. The van der Waals surface area contributed by atoms with Gasteiger partial charge in [0, 0.05) is 19.0 Å². The van der Waals surface area contributed by atoms with Gasteiger partial charge in [-0.25, -0.2) is 13.6 Å². The molecule has 1 aliphatic rings. The summed E-state index contributed by atoms with van der Waals surface area (Å²) in [6.07, 6.45) is 0.0898. The fourth-order valence-corrected chi connectivity index (χ4v) is 2.99. The number of amides is 1. The highest BCUT2D eigenvalue weighted by atomic mass is 19.2. The third-order valence-corrected chi connectivity index (χ3v) is 4.07. The lowest BCUT2D eigenvalue weighted by Crippen LogP contribution is -2.46. The number of nitroso groups, excluding NO2 is 1. The van der Waals surface area contributed by atoms with Gasteiger partial charge in [0.15, 0.2) is 11.6 Å². The third-order valence-electron chi connectivity index (χ3n) is 4.07. The Morgan fingerprint density at radius 3 is 2.62 bits per heavy atom. The smallest absolute Gasteiger partial charge is 0.410 e. The molecule has 0 aliphatic carbocycles. The van der Waals surface area contributed by atoms with Gasteiger partial charge in [0.05, 0.1) is 6.54 Å². The van der Waals surface area contributed by atoms with Crippen molar-refractivity contribution < 1.29 is 18.3 Å². The van der Waals surface area contributed by atoms with E-state index in [9.17, 15) is 18.5 Å². The minimum Gasteiger partial charge on any atom is -0.444 e. The third kappa shape index (κ3) is 4.49. The minimum atomic E-state index is -0.917. The van der Waals surface area contributed by atoms with Crippen LogP contribution < -0.4 is 0 Å². The fourth-order valence-electron chi connectivity index (χ4n) is 2.99. The van der Waals surface area contributed by atoms with Crippen molar-refractivity contribution in [1.82, 2.24) is 4.90 Å². The SMILES string of the molecule is CC(C)(C)OC(=O)N1CC[C@H](c2ccc(F)c(F)c2)[C@@H](CN=O)C1. The Labute approximate surface area is 140 Å². The Hall–Kier alpha value is -2.05. The second-order valence-electron chi connectivity index (χ2n) is 7.07. The number of piperidine rings is 1. The van der Waals surface area contributed by atoms with Gasteiger partial charge < -0.3 is 9.64 Å². The molecule has 0 aromatic heterocycles. The first-order valence-corrected chi connectivity index (χ1v) is 7.93. The maximum absolute atomic E-state index is 13.5. The van der Waals surface area contributed by atoms with Gasteiger partial charge in [-0.15, -0.1) is 0 Å². The molecule has 0 unspecified atom stereocenters. The van der Waals surface area contributed by atoms with E-state index in [4.69, 9.17) is 4.74 Å². The number of ether oxygens (including phenoxy) is 1. The van der Waals surface area contributed by atoms with Gasteiger partial charge in [0.1, 0.15) is 5.60 Å². The number of halogens is 2. The molecule has 7 heteroatoms. The normalized spacial score (nSPS) is 21.5. The van der Waals surface area contributed by atoms with Gasteiger partial charge in [0.25, 0.3) is 0 Å². The Morgan fingerprint density at radius 1 is 1.33 bits per heavy atom. The van der Waals surface area contributed by atoms with E-state index in [1.54, 1.807) is 20.8 Å². The summed E-state index contributed by atoms with van der Waals surface area (Å²) in [4.78, 5) is 24.5. The lowest BCUT2D eigenvalue weighted by atomic mass is 9.80. The van der Waals surface area contributed by atoms with Gasteiger partial charge in [-0.05, 0) is 50.8 Å². The molecule has 1 fully saturated rings. The van der Waals surface area contributed by atoms with Crippen molar-refractivity contribution in [2.24, 2.45) is 11.1 Å². The molecule has 1 aromatic carbocycles. The van der Waals surface area contributed by atoms with Gasteiger partial charge in [-0.1, -0.05) is 11.2 Å². The topological polar surface area (TPSA) is 59.0 Å². The maximum atomic E-state index is 13.5. The van der Waals surface area contributed by atoms with Gasteiger partial charge >= 0.3 is 6.09 Å². The van der Waals surface area contributed by atoms with E-state index in [0.717, 1.165) is 12.1 Å². The van der Waals surface area contributed by atoms with Crippen LogP contribution in [-0.2, 0) is 4.74 Å². The summed E-state index contributed by atoms with van der Waals surface area (Å²) in [5, 5.41) is 2.95. The predicted octanol–water partition coefficient (Wildman–Crippen LogP) is 4.07. The molecular formula is C17H22F2N2O3. The summed E-state index contributed by atoms with van der Waals surface area (Å²) in [5.41, 5.74) is 0.0123. The van der Waals surface area contributed by atoms with Crippen LogP contribution >= 0.6 is 0 Å². The summed E-state index contributed by atoms with van der Waals surface area (Å²) in [7, 11) is 0. The highest BCUT2D eigenvalue weighted by Crippen LogP contribution is 2.34. The Bertz CT molecular complexity index is 616. The molecule has 132 valence electrons. The summed E-state index contributed by atoms with van der Waals surface area (Å²) in [5.74, 6) is -2.24. The van der Waals surface area contributed by atoms with E-state index in [1.807, 2.05) is 0 Å². The number of hydrogen-bond donors (Lipinski definition) is 0. The summed E-state index contributed by atoms with van der Waals surface area (Å²) in [6, 6.07) is 3.75. The van der Waals surface area contributed by atoms with E-state index >= 15 is 0 Å². The number of nitrogens with zero attached hydrogens (tertiary/aromatic N) is 2. The summed E-state index contributed by atoms with van der Waals surface area (Å²) in [6.45, 7) is 6.07. The zero-order chi connectivity index (χ0) is 17.9. The lowest BCUT2D eigenvalue weighted by molar-refractivity contribution is 0.0150. The first-order valence-electron chi connectivity index (χ1n) is 7.93. The van der Waals surface area contributed by atoms with E-state index in [0.29, 0.717) is 25.1 Å². The Balaban J connectivity index is 2.14. The number of benzene rings is 1. The molecule has 0 radical (unpaired) electrons. The highest BCUT2D eigenvalue weighted by molar-refractivity contribution is 5.68. The van der Waals surface area contributed by atoms with Crippen molar-refractivity contribution in [3.05, 3.63) is 40.3 Å². The molecule has 1 heterocycles. The number of carbonyl (C=O) groups excluding carboxylic acids is 1. The average Bonchev–Trinajstić information content (AvgIpc) is 2.49. The van der Waals surface area contributed by atoms with Crippen LogP contribution in [0, 0.1) is 22.5 Å². The van der Waals surface area contributed by atoms with Crippen molar-refractivity contribution in [2.75, 3.05) is 19.6 Å². The predicted molar refractivity (Wildman–Crippen MR) is 85.7 cm³/mol. The van der Waals surface area contributed by atoms with E-state index < -0.39 is 23.3 Å². The molecule has 24 heavy (non-hydrogen) atoms. The second-order valence-corrected chi connectivity index (χ2v) is 7.07. The van der Waals surface area contributed by atoms with Gasteiger partial charge in [-0.3, -0.25) is 0 Å². The largest absolute Gasteiger partial charge is 0.444 e. The van der Waals surface area contributed by atoms with Crippen molar-refractivity contribution in [2.45, 2.75) is 38.7 Å². The van der Waals surface area contributed by atoms with Crippen molar-refractivity contribution in [3.8, 4) is 0 Å². The Morgan fingerprint density at radius 2 is 2.04 bits per heavy atom. The Kier molecular flexibility index (Phi) is 5.51. The molecular weight excluding hydrogens is 318 g/mol. The number of rotatable bonds is 3. The summed E-state index contributed by atoms with van der Waals surface area (Å²) < 4.78 is 32.0. The molecule has 1 amide bonds. The van der Waals surface area contributed by atoms with Crippen LogP contribution in [0.1, 0.15) is 38.7 Å². The lowest BCUT2D eigenvalue weighted by Gasteiger charge is -2.38. The van der Waals surface area contributed by atoms with Crippen molar-refractivity contribution >= 4 is 6.09 Å². The fraction of sp³-hybridized carbons (Fsp3) is 0.588. The minimum absolute atomic E-state index is 0.00294. The second kappa shape index (κ2) is 7.23. The average molecular weight is 340 g/mol. The number of hydrogen-bond acceptors (Lipinski definition) is 4. The van der Waals surface area contributed by atoms with E-state index in [-0.39, 0.29) is 18.4 Å². The first kappa shape index (κ1) is 18.3. The standard InChI is InChI=1S/C17H22F2N2O3/c1-17(2,3)24-16(22)21-7-6-13(12(10-21)9-20-23)11-4-5-14(18)15(19)8-11/h4-5,8,12-13H,6-7,9-10H2,1-3H3/t12-,13+/m0/s1. The van der Waals surface area contributed by atoms with Crippen LogP contribution in [0.4, 0.5) is 13.6 Å². The quantitative estimate of drug-likeness (QED) is 0.779. The van der Waals surface area contributed by atoms with Crippen LogP contribution in [-0.4, -0.2) is 36.2 Å². The molecule has 0 saturated carbocycles. The molecule has 5 nitrogen and oxygen atoms in total. The molecule has 1 aliphatic heterocycles. The molecule has 1 aromatic rings. The van der Waals surface area contributed by atoms with Crippen LogP contribution in [0.2, 0.25) is 0 Å². The number of likely N-dealkylation sites (tertiary alicyclic amines) is 1. The van der Waals surface area contributed by atoms with Crippen LogP contribution in [0.25, 0.3) is 0 Å². The van der Waals surface area contributed by atoms with E-state index in [1.165, 1.54) is 11.0 Å². The summed E-state index contributed by atoms with van der Waals surface area (Å²) >= 11 is 0. The van der Waals surface area contributed by atoms with Gasteiger partial charge in [0.2, 0.25) is 0 Å². The molecule has 0 bridgehead atoms. The first-order chi connectivity index (χ1) is 11.2. The number of carbonyl (C=O) groups is 1. The molecule has 2 rings (SSSR count). The van der Waals surface area contributed by atoms with Crippen molar-refractivity contribution in [3.63, 3.8) is 0 Å². The highest BCUT2D eigenvalue weighted by Gasteiger charge is 2.34. The van der Waals surface area contributed by atoms with E-state index in [2.05, 4.69) is 5.18 Å². The van der Waals surface area contributed by atoms with Crippen LogP contribution in [0.15, 0.2) is 23.4 Å². The van der Waals surface area contributed by atoms with Gasteiger partial charge in [-0.2, -0.15) is 4.91 Å². The molecule has 2 atom stereocenters. The molecule has 1 saturated heterocycles. The van der Waals surface area contributed by atoms with Crippen molar-refractivity contribution in [1.29, 1.82) is 0 Å². The molecule has 0 N–H and O–H groups in total. The zero-order valence-electron chi connectivity index (χ0n) is 14.1. The molecule has 0 spiro atoms. The zero-order valence-corrected chi connectivity index (χ0v) is 14.1. The van der Waals surface area contributed by atoms with Crippen LogP contribution in [0.5, 0.6) is 0 Å².